The van der Waals surface area contributed by atoms with Gasteiger partial charge < -0.3 is 10.2 Å². The third-order valence-electron chi connectivity index (χ3n) is 3.83. The van der Waals surface area contributed by atoms with Gasteiger partial charge in [-0.05, 0) is 24.6 Å². The maximum absolute atomic E-state index is 12.0. The van der Waals surface area contributed by atoms with Crippen molar-refractivity contribution in [2.75, 3.05) is 23.0 Å². The van der Waals surface area contributed by atoms with E-state index >= 15 is 0 Å². The predicted octanol–water partition coefficient (Wildman–Crippen LogP) is 0.605. The number of hydrogen-bond donors (Lipinski definition) is 1. The number of benzene rings is 1. The summed E-state index contributed by atoms with van der Waals surface area (Å²) in [4.78, 5) is 25.2. The van der Waals surface area contributed by atoms with Crippen LogP contribution in [0, 0.1) is 11.3 Å². The highest BCUT2D eigenvalue weighted by atomic mass is 32.2. The van der Waals surface area contributed by atoms with E-state index in [4.69, 9.17) is 5.26 Å². The van der Waals surface area contributed by atoms with Crippen LogP contribution < -0.4 is 10.2 Å². The Balaban J connectivity index is 1.95. The van der Waals surface area contributed by atoms with Crippen LogP contribution in [-0.2, 0) is 19.4 Å². The number of hydrogen-bond acceptors (Lipinski definition) is 5. The van der Waals surface area contributed by atoms with Gasteiger partial charge in [-0.15, -0.1) is 0 Å². The number of nitrogens with one attached hydrogen (secondary N) is 1. The van der Waals surface area contributed by atoms with Gasteiger partial charge in [0.1, 0.15) is 0 Å². The number of nitrogens with zero attached hydrogens (tertiary/aromatic N) is 2. The number of amides is 2. The summed E-state index contributed by atoms with van der Waals surface area (Å²) in [5.74, 6) is -0.459. The molecule has 0 saturated carbocycles. The number of rotatable bonds is 5. The highest BCUT2D eigenvalue weighted by Crippen LogP contribution is 2.17. The van der Waals surface area contributed by atoms with Gasteiger partial charge in [0.25, 0.3) is 0 Å². The van der Waals surface area contributed by atoms with Crippen LogP contribution in [0.25, 0.3) is 0 Å². The summed E-state index contributed by atoms with van der Waals surface area (Å²) in [6.07, 6.45) is 0.488. The molecule has 1 fully saturated rings. The van der Waals surface area contributed by atoms with Crippen molar-refractivity contribution >= 4 is 27.3 Å². The Morgan fingerprint density at radius 2 is 2.17 bits per heavy atom. The molecular formula is C16H19N3O4S. The average Bonchev–Trinajstić information content (AvgIpc) is 2.86. The molecule has 1 N–H and O–H groups in total. The molecular weight excluding hydrogens is 330 g/mol. The van der Waals surface area contributed by atoms with E-state index in [9.17, 15) is 18.0 Å². The maximum atomic E-state index is 12.0. The molecule has 0 radical (unpaired) electrons. The SMILES string of the molecule is CC(=O)N(CCC(=O)NC1CCS(=O)(=O)C1)c1cccc(C#N)c1. The van der Waals surface area contributed by atoms with Crippen molar-refractivity contribution in [1.29, 1.82) is 5.26 Å². The van der Waals surface area contributed by atoms with Crippen LogP contribution in [0.3, 0.4) is 0 Å². The molecule has 1 saturated heterocycles. The van der Waals surface area contributed by atoms with Gasteiger partial charge in [-0.25, -0.2) is 8.42 Å². The van der Waals surface area contributed by atoms with Gasteiger partial charge in [0.15, 0.2) is 9.84 Å². The lowest BCUT2D eigenvalue weighted by atomic mass is 10.2. The molecule has 2 amide bonds. The third kappa shape index (κ3) is 4.80. The second-order valence-corrected chi connectivity index (χ2v) is 7.98. The van der Waals surface area contributed by atoms with Crippen molar-refractivity contribution in [3.63, 3.8) is 0 Å². The summed E-state index contributed by atoms with van der Waals surface area (Å²) in [7, 11) is -3.05. The third-order valence-corrected chi connectivity index (χ3v) is 5.60. The Labute approximate surface area is 141 Å². The number of carbonyl (C=O) groups excluding carboxylic acids is 2. The molecule has 0 aromatic heterocycles. The summed E-state index contributed by atoms with van der Waals surface area (Å²) in [6, 6.07) is 8.25. The van der Waals surface area contributed by atoms with Crippen LogP contribution in [0.5, 0.6) is 0 Å². The minimum Gasteiger partial charge on any atom is -0.352 e. The number of carbonyl (C=O) groups is 2. The van der Waals surface area contributed by atoms with Crippen molar-refractivity contribution in [2.24, 2.45) is 0 Å². The van der Waals surface area contributed by atoms with Gasteiger partial charge in [0, 0.05) is 31.6 Å². The summed E-state index contributed by atoms with van der Waals surface area (Å²) in [5.41, 5.74) is 0.983. The quantitative estimate of drug-likeness (QED) is 0.838. The molecule has 24 heavy (non-hydrogen) atoms. The molecule has 7 nitrogen and oxygen atoms in total. The molecule has 1 aromatic rings. The van der Waals surface area contributed by atoms with Crippen LogP contribution in [0.2, 0.25) is 0 Å². The molecule has 0 spiro atoms. The fourth-order valence-corrected chi connectivity index (χ4v) is 4.31. The summed E-state index contributed by atoms with van der Waals surface area (Å²) < 4.78 is 22.8. The molecule has 0 bridgehead atoms. The van der Waals surface area contributed by atoms with Crippen LogP contribution in [-0.4, -0.2) is 44.3 Å². The summed E-state index contributed by atoms with van der Waals surface area (Å²) >= 11 is 0. The molecule has 8 heteroatoms. The monoisotopic (exact) mass is 349 g/mol. The first-order chi connectivity index (χ1) is 11.3. The van der Waals surface area contributed by atoms with E-state index in [1.54, 1.807) is 24.3 Å². The van der Waals surface area contributed by atoms with Crippen LogP contribution in [0.1, 0.15) is 25.3 Å². The minimum atomic E-state index is -3.05. The zero-order valence-electron chi connectivity index (χ0n) is 13.4. The lowest BCUT2D eigenvalue weighted by molar-refractivity contribution is -0.121. The Morgan fingerprint density at radius 3 is 2.75 bits per heavy atom. The zero-order valence-corrected chi connectivity index (χ0v) is 14.2. The van der Waals surface area contributed by atoms with Crippen molar-refractivity contribution in [3.05, 3.63) is 29.8 Å². The van der Waals surface area contributed by atoms with E-state index < -0.39 is 9.84 Å². The molecule has 1 heterocycles. The van der Waals surface area contributed by atoms with E-state index in [-0.39, 0.29) is 42.3 Å². The van der Waals surface area contributed by atoms with Gasteiger partial charge >= 0.3 is 0 Å². The van der Waals surface area contributed by atoms with E-state index in [0.29, 0.717) is 17.7 Å². The van der Waals surface area contributed by atoms with Gasteiger partial charge in [-0.3, -0.25) is 9.59 Å². The molecule has 0 aliphatic carbocycles. The van der Waals surface area contributed by atoms with Crippen LogP contribution in [0.4, 0.5) is 5.69 Å². The number of sulfone groups is 1. The standard InChI is InChI=1S/C16H19N3O4S/c1-12(20)19(15-4-2-3-13(9-15)10-17)7-5-16(21)18-14-6-8-24(22,23)11-14/h2-4,9,14H,5-8,11H2,1H3,(H,18,21). The van der Waals surface area contributed by atoms with E-state index in [2.05, 4.69) is 5.32 Å². The molecule has 1 unspecified atom stereocenters. The van der Waals surface area contributed by atoms with Gasteiger partial charge in [-0.1, -0.05) is 6.07 Å². The topological polar surface area (TPSA) is 107 Å². The second-order valence-electron chi connectivity index (χ2n) is 5.75. The normalized spacial score (nSPS) is 18.6. The van der Waals surface area contributed by atoms with Crippen molar-refractivity contribution in [1.82, 2.24) is 5.32 Å². The fraction of sp³-hybridized carbons (Fsp3) is 0.438. The maximum Gasteiger partial charge on any atom is 0.223 e. The lowest BCUT2D eigenvalue weighted by Crippen LogP contribution is -2.38. The van der Waals surface area contributed by atoms with Crippen molar-refractivity contribution in [2.45, 2.75) is 25.8 Å². The molecule has 1 aromatic carbocycles. The first-order valence-corrected chi connectivity index (χ1v) is 9.41. The fourth-order valence-electron chi connectivity index (χ4n) is 2.63. The highest BCUT2D eigenvalue weighted by Gasteiger charge is 2.28. The van der Waals surface area contributed by atoms with E-state index in [0.717, 1.165) is 0 Å². The van der Waals surface area contributed by atoms with Gasteiger partial charge in [-0.2, -0.15) is 5.26 Å². The summed E-state index contributed by atoms with van der Waals surface area (Å²) in [5, 5.41) is 11.6. The number of nitriles is 1. The van der Waals surface area contributed by atoms with Crippen molar-refractivity contribution in [3.8, 4) is 6.07 Å². The molecule has 1 aliphatic heterocycles. The first kappa shape index (κ1) is 17.9. The largest absolute Gasteiger partial charge is 0.352 e. The zero-order chi connectivity index (χ0) is 17.7. The Bertz CT molecular complexity index is 783. The van der Waals surface area contributed by atoms with Crippen molar-refractivity contribution < 1.29 is 18.0 Å². The Morgan fingerprint density at radius 1 is 1.42 bits per heavy atom. The molecule has 2 rings (SSSR count). The average molecular weight is 349 g/mol. The van der Waals surface area contributed by atoms with Crippen LogP contribution in [0.15, 0.2) is 24.3 Å². The van der Waals surface area contributed by atoms with Gasteiger partial charge in [0.05, 0.1) is 23.1 Å². The predicted molar refractivity (Wildman–Crippen MR) is 89.0 cm³/mol. The van der Waals surface area contributed by atoms with Crippen LogP contribution >= 0.6 is 0 Å². The minimum absolute atomic E-state index is 0.0284. The van der Waals surface area contributed by atoms with E-state index in [1.807, 2.05) is 6.07 Å². The first-order valence-electron chi connectivity index (χ1n) is 7.59. The van der Waals surface area contributed by atoms with Gasteiger partial charge in [0.2, 0.25) is 11.8 Å². The van der Waals surface area contributed by atoms with E-state index in [1.165, 1.54) is 11.8 Å². The summed E-state index contributed by atoms with van der Waals surface area (Å²) in [6.45, 7) is 1.55. The molecule has 128 valence electrons. The Hall–Kier alpha value is -2.40. The second kappa shape index (κ2) is 7.45. The lowest BCUT2D eigenvalue weighted by Gasteiger charge is -2.21. The molecule has 1 atom stereocenters. The highest BCUT2D eigenvalue weighted by molar-refractivity contribution is 7.91. The number of anilines is 1. The Kier molecular flexibility index (Phi) is 5.57. The smallest absolute Gasteiger partial charge is 0.223 e. The molecule has 1 aliphatic rings.